The van der Waals surface area contributed by atoms with Crippen LogP contribution in [0.1, 0.15) is 13.8 Å². The summed E-state index contributed by atoms with van der Waals surface area (Å²) in [7, 11) is 0. The van der Waals surface area contributed by atoms with Gasteiger partial charge in [0.05, 0.1) is 6.61 Å². The molecule has 1 amide bonds. The fourth-order valence-electron chi connectivity index (χ4n) is 2.53. The molecule has 0 radical (unpaired) electrons. The van der Waals surface area contributed by atoms with E-state index in [1.54, 1.807) is 24.3 Å². The number of rotatable bonds is 5. The predicted octanol–water partition coefficient (Wildman–Crippen LogP) is 3.08. The first kappa shape index (κ1) is 16.1. The molecule has 0 spiro atoms. The second kappa shape index (κ2) is 7.64. The third kappa shape index (κ3) is 4.59. The van der Waals surface area contributed by atoms with Crippen LogP contribution in [0.25, 0.3) is 0 Å². The highest BCUT2D eigenvalue weighted by molar-refractivity contribution is 6.30. The molecule has 1 aromatic carbocycles. The van der Waals surface area contributed by atoms with E-state index in [0.29, 0.717) is 23.2 Å². The molecule has 5 nitrogen and oxygen atoms in total. The average molecular weight is 312 g/mol. The van der Waals surface area contributed by atoms with E-state index in [0.717, 1.165) is 26.2 Å². The van der Waals surface area contributed by atoms with Crippen molar-refractivity contribution < 1.29 is 9.53 Å². The number of benzene rings is 1. The number of ether oxygens (including phenoxy) is 1. The van der Waals surface area contributed by atoms with Crippen molar-refractivity contribution in [2.45, 2.75) is 13.8 Å². The second-order valence-corrected chi connectivity index (χ2v) is 5.54. The zero-order chi connectivity index (χ0) is 15.2. The third-order valence-electron chi connectivity index (χ3n) is 3.61. The van der Waals surface area contributed by atoms with Crippen molar-refractivity contribution in [2.75, 3.05) is 38.1 Å². The van der Waals surface area contributed by atoms with Gasteiger partial charge in [-0.2, -0.15) is 0 Å². The lowest BCUT2D eigenvalue weighted by atomic mass is 10.2. The highest BCUT2D eigenvalue weighted by Crippen LogP contribution is 2.17. The van der Waals surface area contributed by atoms with Crippen LogP contribution in [-0.4, -0.2) is 48.9 Å². The maximum atomic E-state index is 11.8. The molecule has 0 unspecified atom stereocenters. The lowest BCUT2D eigenvalue weighted by Crippen LogP contribution is -2.35. The van der Waals surface area contributed by atoms with E-state index in [1.807, 2.05) is 0 Å². The fraction of sp³-hybridized carbons (Fsp3) is 0.533. The largest absolute Gasteiger partial charge is 0.449 e. The van der Waals surface area contributed by atoms with E-state index in [2.05, 4.69) is 29.2 Å². The van der Waals surface area contributed by atoms with E-state index < -0.39 is 6.09 Å². The minimum Gasteiger partial charge on any atom is -0.449 e. The van der Waals surface area contributed by atoms with Crippen LogP contribution < -0.4 is 5.32 Å². The zero-order valence-corrected chi connectivity index (χ0v) is 13.3. The van der Waals surface area contributed by atoms with Gasteiger partial charge in [0, 0.05) is 42.8 Å². The first-order chi connectivity index (χ1) is 10.1. The molecule has 2 rings (SSSR count). The Morgan fingerprint density at radius 3 is 2.33 bits per heavy atom. The van der Waals surface area contributed by atoms with Gasteiger partial charge in [-0.3, -0.25) is 5.32 Å². The van der Waals surface area contributed by atoms with E-state index in [4.69, 9.17) is 16.3 Å². The van der Waals surface area contributed by atoms with E-state index in [1.165, 1.54) is 0 Å². The maximum absolute atomic E-state index is 11.8. The summed E-state index contributed by atoms with van der Waals surface area (Å²) >= 11 is 5.80. The summed E-state index contributed by atoms with van der Waals surface area (Å²) in [6.07, 6.45) is -0.421. The molecule has 21 heavy (non-hydrogen) atoms. The normalized spacial score (nSPS) is 17.1. The van der Waals surface area contributed by atoms with Gasteiger partial charge in [0.2, 0.25) is 0 Å². The minimum atomic E-state index is -0.421. The van der Waals surface area contributed by atoms with Gasteiger partial charge in [-0.25, -0.2) is 14.8 Å². The number of nitrogens with one attached hydrogen (secondary N) is 1. The Morgan fingerprint density at radius 1 is 1.24 bits per heavy atom. The Balaban J connectivity index is 1.75. The molecular formula is C15H22ClN3O2. The molecule has 1 aromatic rings. The monoisotopic (exact) mass is 311 g/mol. The number of nitrogens with zero attached hydrogens (tertiary/aromatic N) is 2. The van der Waals surface area contributed by atoms with E-state index in [9.17, 15) is 4.79 Å². The molecule has 116 valence electrons. The molecule has 1 aliphatic heterocycles. The Labute approximate surface area is 130 Å². The highest BCUT2D eigenvalue weighted by atomic mass is 35.5. The van der Waals surface area contributed by atoms with Gasteiger partial charge in [-0.1, -0.05) is 25.4 Å². The van der Waals surface area contributed by atoms with Gasteiger partial charge in [-0.05, 0) is 24.3 Å². The molecular weight excluding hydrogens is 290 g/mol. The number of hydrogen-bond acceptors (Lipinski definition) is 4. The smallest absolute Gasteiger partial charge is 0.411 e. The summed E-state index contributed by atoms with van der Waals surface area (Å²) in [6, 6.07) is 6.95. The van der Waals surface area contributed by atoms with Crippen LogP contribution in [-0.2, 0) is 4.74 Å². The number of halogens is 1. The van der Waals surface area contributed by atoms with Crippen molar-refractivity contribution in [3.63, 3.8) is 0 Å². The van der Waals surface area contributed by atoms with Crippen LogP contribution in [0, 0.1) is 5.92 Å². The molecule has 1 N–H and O–H groups in total. The molecule has 0 aromatic heterocycles. The summed E-state index contributed by atoms with van der Waals surface area (Å²) in [5, 5.41) is 7.93. The minimum absolute atomic E-state index is 0.362. The van der Waals surface area contributed by atoms with E-state index >= 15 is 0 Å². The van der Waals surface area contributed by atoms with Crippen molar-refractivity contribution in [1.82, 2.24) is 10.0 Å². The molecule has 0 saturated carbocycles. The lowest BCUT2D eigenvalue weighted by molar-refractivity contribution is 0.0388. The first-order valence-electron chi connectivity index (χ1n) is 7.31. The summed E-state index contributed by atoms with van der Waals surface area (Å²) in [5.41, 5.74) is 0.682. The van der Waals surface area contributed by atoms with Crippen LogP contribution in [0.15, 0.2) is 24.3 Å². The summed E-state index contributed by atoms with van der Waals surface area (Å²) in [6.45, 7) is 8.57. The lowest BCUT2D eigenvalue weighted by Gasteiger charge is -2.24. The highest BCUT2D eigenvalue weighted by Gasteiger charge is 2.28. The van der Waals surface area contributed by atoms with Crippen molar-refractivity contribution in [3.05, 3.63) is 29.3 Å². The Morgan fingerprint density at radius 2 is 1.81 bits per heavy atom. The summed E-state index contributed by atoms with van der Waals surface area (Å²) < 4.78 is 5.31. The van der Waals surface area contributed by atoms with Crippen LogP contribution in [0.5, 0.6) is 0 Å². The van der Waals surface area contributed by atoms with Gasteiger partial charge < -0.3 is 4.74 Å². The third-order valence-corrected chi connectivity index (χ3v) is 3.86. The van der Waals surface area contributed by atoms with Gasteiger partial charge >= 0.3 is 6.09 Å². The van der Waals surface area contributed by atoms with Crippen molar-refractivity contribution in [1.29, 1.82) is 0 Å². The van der Waals surface area contributed by atoms with Crippen LogP contribution in [0.4, 0.5) is 10.5 Å². The Kier molecular flexibility index (Phi) is 5.85. The van der Waals surface area contributed by atoms with E-state index in [-0.39, 0.29) is 0 Å². The molecule has 0 aliphatic carbocycles. The average Bonchev–Trinajstić information content (AvgIpc) is 2.90. The van der Waals surface area contributed by atoms with Crippen LogP contribution >= 0.6 is 11.6 Å². The Bertz CT molecular complexity index is 454. The van der Waals surface area contributed by atoms with Gasteiger partial charge in [0.1, 0.15) is 0 Å². The fourth-order valence-corrected chi connectivity index (χ4v) is 2.66. The topological polar surface area (TPSA) is 44.8 Å². The summed E-state index contributed by atoms with van der Waals surface area (Å²) in [4.78, 5) is 11.8. The first-order valence-corrected chi connectivity index (χ1v) is 7.69. The molecule has 1 aliphatic rings. The SMILES string of the molecule is CCN1CC(COC(=O)Nc2ccc(Cl)cc2)CN1CC. The maximum Gasteiger partial charge on any atom is 0.411 e. The predicted molar refractivity (Wildman–Crippen MR) is 84.4 cm³/mol. The molecule has 0 atom stereocenters. The number of carbonyl (C=O) groups is 1. The standard InChI is InChI=1S/C15H22ClN3O2/c1-3-18-9-12(10-19(18)4-2)11-21-15(20)17-14-7-5-13(16)6-8-14/h5-8,12H,3-4,9-11H2,1-2H3,(H,17,20). The van der Waals surface area contributed by atoms with Crippen LogP contribution in [0.3, 0.4) is 0 Å². The number of hydrogen-bond donors (Lipinski definition) is 1. The molecule has 6 heteroatoms. The van der Waals surface area contributed by atoms with Gasteiger partial charge in [0.15, 0.2) is 0 Å². The van der Waals surface area contributed by atoms with Crippen molar-refractivity contribution >= 4 is 23.4 Å². The number of amides is 1. The van der Waals surface area contributed by atoms with Crippen molar-refractivity contribution in [2.24, 2.45) is 5.92 Å². The molecule has 1 saturated heterocycles. The number of anilines is 1. The number of carbonyl (C=O) groups excluding carboxylic acids is 1. The molecule has 1 heterocycles. The van der Waals surface area contributed by atoms with Gasteiger partial charge in [-0.15, -0.1) is 0 Å². The summed E-state index contributed by atoms with van der Waals surface area (Å²) in [5.74, 6) is 0.362. The molecule has 0 bridgehead atoms. The van der Waals surface area contributed by atoms with Gasteiger partial charge in [0.25, 0.3) is 0 Å². The quantitative estimate of drug-likeness (QED) is 0.907. The van der Waals surface area contributed by atoms with Crippen LogP contribution in [0.2, 0.25) is 5.02 Å². The second-order valence-electron chi connectivity index (χ2n) is 5.11. The van der Waals surface area contributed by atoms with Crippen molar-refractivity contribution in [3.8, 4) is 0 Å². The molecule has 1 fully saturated rings. The zero-order valence-electron chi connectivity index (χ0n) is 12.5. The Hall–Kier alpha value is -1.30. The number of hydrazine groups is 1.